The Labute approximate surface area is 91.7 Å². The van der Waals surface area contributed by atoms with Gasteiger partial charge in [-0.1, -0.05) is 13.8 Å². The van der Waals surface area contributed by atoms with Gasteiger partial charge in [-0.05, 0) is 5.92 Å². The maximum atomic E-state index is 11.8. The van der Waals surface area contributed by atoms with Crippen LogP contribution in [0.5, 0.6) is 0 Å². The first kappa shape index (κ1) is 14.0. The van der Waals surface area contributed by atoms with Gasteiger partial charge < -0.3 is 4.90 Å². The molecule has 0 aromatic rings. The van der Waals surface area contributed by atoms with Crippen LogP contribution in [0.15, 0.2) is 0 Å². The average Bonchev–Trinajstić information content (AvgIpc) is 2.15. The Morgan fingerprint density at radius 3 is 2.00 bits per heavy atom. The van der Waals surface area contributed by atoms with Gasteiger partial charge in [0.2, 0.25) is 7.85 Å². The van der Waals surface area contributed by atoms with Gasteiger partial charge in [0, 0.05) is 14.1 Å². The van der Waals surface area contributed by atoms with Crippen LogP contribution in [0.1, 0.15) is 13.8 Å². The minimum atomic E-state index is -0.633. The molecular formula is C9H17BN2O3. The number of nitrogens with zero attached hydrogens (tertiary/aromatic N) is 2. The van der Waals surface area contributed by atoms with E-state index in [0.717, 1.165) is 5.06 Å². The Kier molecular flexibility index (Phi) is 5.35. The molecule has 0 unspecified atom stereocenters. The van der Waals surface area contributed by atoms with Gasteiger partial charge in [-0.3, -0.25) is 14.4 Å². The van der Waals surface area contributed by atoms with Crippen molar-refractivity contribution in [2.75, 3.05) is 21.2 Å². The molecule has 0 bridgehead atoms. The molecule has 0 saturated carbocycles. The Morgan fingerprint density at radius 1 is 1.27 bits per heavy atom. The summed E-state index contributed by atoms with van der Waals surface area (Å²) in [5, 5.41) is 1.09. The third kappa shape index (κ3) is 3.55. The first-order valence-electron chi connectivity index (χ1n) is 4.66. The highest BCUT2D eigenvalue weighted by Crippen LogP contribution is 2.12. The monoisotopic (exact) mass is 212 g/mol. The Morgan fingerprint density at radius 2 is 1.73 bits per heavy atom. The number of carbonyl (C=O) groups is 2. The molecule has 0 heterocycles. The van der Waals surface area contributed by atoms with Gasteiger partial charge in [-0.25, -0.2) is 5.06 Å². The standard InChI is InChI=1S/C9H17BN2O3/c1-6(2)7(11(3)9(10)14)8(13)12(4)15-5/h6-7H,1-5H3/t7-/m0/s1. The molecule has 0 saturated heterocycles. The van der Waals surface area contributed by atoms with Crippen molar-refractivity contribution in [1.82, 2.24) is 9.96 Å². The van der Waals surface area contributed by atoms with Crippen molar-refractivity contribution >= 4 is 19.6 Å². The zero-order valence-electron chi connectivity index (χ0n) is 9.85. The SMILES string of the molecule is [B]C(=O)N(C)[C@H](C(=O)N(C)OC)C(C)C. The van der Waals surface area contributed by atoms with E-state index in [0.29, 0.717) is 0 Å². The van der Waals surface area contributed by atoms with E-state index in [1.807, 2.05) is 13.8 Å². The molecule has 1 atom stereocenters. The third-order valence-corrected chi connectivity index (χ3v) is 2.23. The van der Waals surface area contributed by atoms with Crippen LogP contribution >= 0.6 is 0 Å². The van der Waals surface area contributed by atoms with Crippen LogP contribution in [0.2, 0.25) is 0 Å². The lowest BCUT2D eigenvalue weighted by Crippen LogP contribution is -2.50. The number of carbonyl (C=O) groups excluding carboxylic acids is 2. The molecule has 2 amide bonds. The van der Waals surface area contributed by atoms with E-state index >= 15 is 0 Å². The second-order valence-corrected chi connectivity index (χ2v) is 3.66. The zero-order chi connectivity index (χ0) is 12.2. The predicted molar refractivity (Wildman–Crippen MR) is 57.3 cm³/mol. The van der Waals surface area contributed by atoms with E-state index in [4.69, 9.17) is 12.7 Å². The Hall–Kier alpha value is -1.04. The first-order chi connectivity index (χ1) is 6.82. The number of amides is 2. The minimum Gasteiger partial charge on any atom is -0.343 e. The fraction of sp³-hybridized carbons (Fsp3) is 0.778. The highest BCUT2D eigenvalue weighted by molar-refractivity contribution is 6.57. The highest BCUT2D eigenvalue weighted by Gasteiger charge is 2.30. The van der Waals surface area contributed by atoms with Crippen molar-refractivity contribution in [3.05, 3.63) is 0 Å². The molecule has 0 N–H and O–H groups in total. The van der Waals surface area contributed by atoms with E-state index in [-0.39, 0.29) is 11.8 Å². The smallest absolute Gasteiger partial charge is 0.268 e. The summed E-state index contributed by atoms with van der Waals surface area (Å²) in [6.45, 7) is 3.68. The van der Waals surface area contributed by atoms with Gasteiger partial charge in [0.1, 0.15) is 6.04 Å². The summed E-state index contributed by atoms with van der Waals surface area (Å²) < 4.78 is 0. The molecule has 0 fully saturated rings. The second kappa shape index (κ2) is 5.75. The summed E-state index contributed by atoms with van der Waals surface area (Å²) in [6, 6.07) is -0.604. The van der Waals surface area contributed by atoms with Crippen LogP contribution in [0.3, 0.4) is 0 Å². The summed E-state index contributed by atoms with van der Waals surface area (Å²) in [6.07, 6.45) is 0. The molecular weight excluding hydrogens is 195 g/mol. The minimum absolute atomic E-state index is 0.0346. The van der Waals surface area contributed by atoms with Gasteiger partial charge in [-0.2, -0.15) is 0 Å². The van der Waals surface area contributed by atoms with Crippen molar-refractivity contribution in [2.45, 2.75) is 19.9 Å². The van der Waals surface area contributed by atoms with E-state index < -0.39 is 11.8 Å². The lowest BCUT2D eigenvalue weighted by molar-refractivity contribution is -0.174. The number of likely N-dealkylation sites (N-methyl/N-ethyl adjacent to an activating group) is 2. The van der Waals surface area contributed by atoms with E-state index in [9.17, 15) is 9.59 Å². The van der Waals surface area contributed by atoms with Crippen molar-refractivity contribution in [1.29, 1.82) is 0 Å². The summed E-state index contributed by atoms with van der Waals surface area (Å²) in [5.74, 6) is -0.965. The molecule has 0 aliphatic heterocycles. The number of hydroxylamine groups is 2. The van der Waals surface area contributed by atoms with Gasteiger partial charge >= 0.3 is 0 Å². The molecule has 0 aromatic heterocycles. The topological polar surface area (TPSA) is 49.9 Å². The Bertz CT molecular complexity index is 246. The average molecular weight is 212 g/mol. The van der Waals surface area contributed by atoms with Gasteiger partial charge in [0.15, 0.2) is 5.81 Å². The fourth-order valence-corrected chi connectivity index (χ4v) is 1.31. The van der Waals surface area contributed by atoms with Crippen LogP contribution in [0.4, 0.5) is 4.79 Å². The van der Waals surface area contributed by atoms with Crippen molar-refractivity contribution in [3.8, 4) is 0 Å². The van der Waals surface area contributed by atoms with Crippen LogP contribution < -0.4 is 0 Å². The first-order valence-corrected chi connectivity index (χ1v) is 4.66. The highest BCUT2D eigenvalue weighted by atomic mass is 16.7. The quantitative estimate of drug-likeness (QED) is 0.495. The maximum absolute atomic E-state index is 11.8. The largest absolute Gasteiger partial charge is 0.343 e. The molecule has 84 valence electrons. The van der Waals surface area contributed by atoms with Crippen LogP contribution in [0, 0.1) is 5.92 Å². The van der Waals surface area contributed by atoms with Crippen molar-refractivity contribution in [2.24, 2.45) is 5.92 Å². The molecule has 2 radical (unpaired) electrons. The van der Waals surface area contributed by atoms with Crippen molar-refractivity contribution in [3.63, 3.8) is 0 Å². The third-order valence-electron chi connectivity index (χ3n) is 2.23. The molecule has 0 rings (SSSR count). The van der Waals surface area contributed by atoms with E-state index in [1.165, 1.54) is 26.1 Å². The lowest BCUT2D eigenvalue weighted by atomic mass is 9.98. The number of hydrogen-bond donors (Lipinski definition) is 0. The summed E-state index contributed by atoms with van der Waals surface area (Å²) in [5.41, 5.74) is 0. The van der Waals surface area contributed by atoms with Gasteiger partial charge in [0.25, 0.3) is 5.91 Å². The number of hydrogen-bond acceptors (Lipinski definition) is 3. The predicted octanol–water partition coefficient (Wildman–Crippen LogP) is 0.251. The molecule has 5 nitrogen and oxygen atoms in total. The molecule has 0 aliphatic rings. The second-order valence-electron chi connectivity index (χ2n) is 3.66. The molecule has 15 heavy (non-hydrogen) atoms. The van der Waals surface area contributed by atoms with Crippen LogP contribution in [-0.2, 0) is 9.63 Å². The van der Waals surface area contributed by atoms with Crippen LogP contribution in [-0.4, -0.2) is 56.8 Å². The Balaban J connectivity index is 4.82. The van der Waals surface area contributed by atoms with E-state index in [2.05, 4.69) is 0 Å². The van der Waals surface area contributed by atoms with Gasteiger partial charge in [-0.15, -0.1) is 0 Å². The van der Waals surface area contributed by atoms with Gasteiger partial charge in [0.05, 0.1) is 7.11 Å². The van der Waals surface area contributed by atoms with E-state index in [1.54, 1.807) is 0 Å². The maximum Gasteiger partial charge on any atom is 0.268 e. The van der Waals surface area contributed by atoms with Crippen LogP contribution in [0.25, 0.3) is 0 Å². The summed E-state index contributed by atoms with van der Waals surface area (Å²) in [4.78, 5) is 28.8. The van der Waals surface area contributed by atoms with Crippen molar-refractivity contribution < 1.29 is 14.4 Å². The zero-order valence-corrected chi connectivity index (χ0v) is 9.85. The molecule has 0 aliphatic carbocycles. The summed E-state index contributed by atoms with van der Waals surface area (Å²) in [7, 11) is 9.50. The molecule has 0 spiro atoms. The fourth-order valence-electron chi connectivity index (χ4n) is 1.31. The molecule has 0 aromatic carbocycles. The summed E-state index contributed by atoms with van der Waals surface area (Å²) >= 11 is 0. The molecule has 6 heteroatoms. The normalized spacial score (nSPS) is 12.4. The number of rotatable bonds is 4. The lowest BCUT2D eigenvalue weighted by Gasteiger charge is -2.32.